The van der Waals surface area contributed by atoms with Gasteiger partial charge in [-0.1, -0.05) is 6.07 Å². The molecular weight excluding hydrogens is 393 g/mol. The minimum Gasteiger partial charge on any atom is -0.375 e. The summed E-state index contributed by atoms with van der Waals surface area (Å²) < 4.78 is 5.51. The van der Waals surface area contributed by atoms with E-state index >= 15 is 0 Å². The lowest BCUT2D eigenvalue weighted by Crippen LogP contribution is -2.53. The van der Waals surface area contributed by atoms with E-state index in [0.29, 0.717) is 13.2 Å². The molecule has 26 heavy (non-hydrogen) atoms. The molecular formula is C18H23Cl2N3O2S. The number of carbonyl (C=O) groups is 1. The number of amides is 1. The maximum atomic E-state index is 12.3. The number of nitrogens with one attached hydrogen (secondary N) is 2. The largest absolute Gasteiger partial charge is 0.375 e. The maximum absolute atomic E-state index is 12.3. The molecule has 2 N–H and O–H groups in total. The summed E-state index contributed by atoms with van der Waals surface area (Å²) in [4.78, 5) is 17.6. The van der Waals surface area contributed by atoms with Gasteiger partial charge in [-0.25, -0.2) is 0 Å². The zero-order valence-electron chi connectivity index (χ0n) is 14.4. The van der Waals surface area contributed by atoms with Gasteiger partial charge in [0.1, 0.15) is 6.04 Å². The van der Waals surface area contributed by atoms with Gasteiger partial charge in [0.05, 0.1) is 12.7 Å². The topological polar surface area (TPSA) is 63.2 Å². The van der Waals surface area contributed by atoms with Crippen molar-refractivity contribution in [1.82, 2.24) is 10.3 Å². The average Bonchev–Trinajstić information content (AvgIpc) is 2.62. The Morgan fingerprint density at radius 1 is 1.31 bits per heavy atom. The molecule has 0 radical (unpaired) electrons. The lowest BCUT2D eigenvalue weighted by atomic mass is 10.1. The van der Waals surface area contributed by atoms with Gasteiger partial charge in [0.15, 0.2) is 0 Å². The third-order valence-electron chi connectivity index (χ3n) is 3.85. The molecule has 5 nitrogen and oxygen atoms in total. The summed E-state index contributed by atoms with van der Waals surface area (Å²) in [7, 11) is 0. The van der Waals surface area contributed by atoms with Gasteiger partial charge in [-0.05, 0) is 42.8 Å². The summed E-state index contributed by atoms with van der Waals surface area (Å²) in [5.41, 5.74) is 1.99. The number of thioether (sulfide) groups is 1. The van der Waals surface area contributed by atoms with Crippen LogP contribution in [0.25, 0.3) is 0 Å². The summed E-state index contributed by atoms with van der Waals surface area (Å²) in [6.45, 7) is 3.26. The van der Waals surface area contributed by atoms with E-state index in [1.807, 2.05) is 43.5 Å². The molecule has 0 spiro atoms. The molecule has 1 saturated heterocycles. The highest BCUT2D eigenvalue weighted by molar-refractivity contribution is 7.98. The Bertz CT molecular complexity index is 674. The minimum atomic E-state index is -0.307. The fourth-order valence-electron chi connectivity index (χ4n) is 2.53. The van der Waals surface area contributed by atoms with Crippen LogP contribution < -0.4 is 10.6 Å². The van der Waals surface area contributed by atoms with Gasteiger partial charge >= 0.3 is 0 Å². The summed E-state index contributed by atoms with van der Waals surface area (Å²) in [6, 6.07) is 11.6. The fourth-order valence-corrected chi connectivity index (χ4v) is 3.36. The minimum absolute atomic E-state index is 0. The van der Waals surface area contributed by atoms with Crippen molar-refractivity contribution in [1.29, 1.82) is 0 Å². The monoisotopic (exact) mass is 415 g/mol. The lowest BCUT2D eigenvalue weighted by molar-refractivity contribution is -0.123. The number of aromatic nitrogens is 1. The van der Waals surface area contributed by atoms with Crippen LogP contribution in [0, 0.1) is 0 Å². The van der Waals surface area contributed by atoms with E-state index in [4.69, 9.17) is 4.74 Å². The Balaban J connectivity index is 0.00000169. The second kappa shape index (κ2) is 11.4. The Morgan fingerprint density at radius 2 is 2.08 bits per heavy atom. The zero-order chi connectivity index (χ0) is 16.8. The molecule has 2 aromatic rings. The molecule has 0 unspecified atom stereocenters. The van der Waals surface area contributed by atoms with Gasteiger partial charge in [-0.15, -0.1) is 36.6 Å². The van der Waals surface area contributed by atoms with Crippen LogP contribution in [0.1, 0.15) is 12.5 Å². The van der Waals surface area contributed by atoms with Gasteiger partial charge in [0, 0.05) is 35.3 Å². The average molecular weight is 416 g/mol. The smallest absolute Gasteiger partial charge is 0.244 e. The first-order valence-electron chi connectivity index (χ1n) is 8.00. The third-order valence-corrected chi connectivity index (χ3v) is 4.93. The van der Waals surface area contributed by atoms with E-state index in [-0.39, 0.29) is 42.9 Å². The second-order valence-corrected chi connectivity index (χ2v) is 6.72. The standard InChI is InChI=1S/C18H21N3O2S.2ClH/c1-13-17(20-9-10-23-13)18(22)21-15-4-6-16(7-5-15)24-12-14-3-2-8-19-11-14;;/h2-8,11,13,17,20H,9-10,12H2,1H3,(H,21,22);2*1H/t13-,17+;;/m1../s1. The number of hydrogen-bond donors (Lipinski definition) is 2. The quantitative estimate of drug-likeness (QED) is 0.731. The predicted molar refractivity (Wildman–Crippen MR) is 111 cm³/mol. The third kappa shape index (κ3) is 6.45. The van der Waals surface area contributed by atoms with Gasteiger partial charge in [0.2, 0.25) is 5.91 Å². The molecule has 8 heteroatoms. The molecule has 0 bridgehead atoms. The van der Waals surface area contributed by atoms with Crippen molar-refractivity contribution in [3.8, 4) is 0 Å². The highest BCUT2D eigenvalue weighted by atomic mass is 35.5. The van der Waals surface area contributed by atoms with E-state index in [0.717, 1.165) is 16.3 Å². The van der Waals surface area contributed by atoms with Crippen molar-refractivity contribution in [2.45, 2.75) is 29.7 Å². The van der Waals surface area contributed by atoms with Gasteiger partial charge in [0.25, 0.3) is 0 Å². The summed E-state index contributed by atoms with van der Waals surface area (Å²) >= 11 is 1.74. The zero-order valence-corrected chi connectivity index (χ0v) is 16.8. The van der Waals surface area contributed by atoms with Crippen LogP contribution in [-0.4, -0.2) is 36.2 Å². The molecule has 1 aliphatic heterocycles. The molecule has 2 atom stereocenters. The number of benzene rings is 1. The van der Waals surface area contributed by atoms with Crippen LogP contribution in [0.3, 0.4) is 0 Å². The Kier molecular flexibility index (Phi) is 9.98. The van der Waals surface area contributed by atoms with Crippen LogP contribution in [0.2, 0.25) is 0 Å². The number of anilines is 1. The van der Waals surface area contributed by atoms with Gasteiger partial charge < -0.3 is 15.4 Å². The maximum Gasteiger partial charge on any atom is 0.244 e. The molecule has 0 aliphatic carbocycles. The number of ether oxygens (including phenoxy) is 1. The van der Waals surface area contributed by atoms with E-state index in [1.165, 1.54) is 5.56 Å². The van der Waals surface area contributed by atoms with E-state index in [9.17, 15) is 4.79 Å². The first-order chi connectivity index (χ1) is 11.7. The van der Waals surface area contributed by atoms with Gasteiger partial charge in [-0.3, -0.25) is 9.78 Å². The highest BCUT2D eigenvalue weighted by Gasteiger charge is 2.28. The molecule has 3 rings (SSSR count). The van der Waals surface area contributed by atoms with Crippen molar-refractivity contribution in [3.05, 3.63) is 54.4 Å². The molecule has 1 aromatic heterocycles. The summed E-state index contributed by atoms with van der Waals surface area (Å²) in [5, 5.41) is 6.13. The Hall–Kier alpha value is -1.31. The molecule has 2 heterocycles. The number of nitrogens with zero attached hydrogens (tertiary/aromatic N) is 1. The lowest BCUT2D eigenvalue weighted by Gasteiger charge is -2.29. The SMILES string of the molecule is C[C@H]1OCCN[C@@H]1C(=O)Nc1ccc(SCc2cccnc2)cc1.Cl.Cl. The van der Waals surface area contributed by atoms with Crippen molar-refractivity contribution >= 4 is 48.2 Å². The van der Waals surface area contributed by atoms with Crippen molar-refractivity contribution in [2.75, 3.05) is 18.5 Å². The summed E-state index contributed by atoms with van der Waals surface area (Å²) in [5.74, 6) is 0.818. The van der Waals surface area contributed by atoms with Crippen LogP contribution in [0.5, 0.6) is 0 Å². The van der Waals surface area contributed by atoms with E-state index < -0.39 is 0 Å². The van der Waals surface area contributed by atoms with Crippen LogP contribution in [0.4, 0.5) is 5.69 Å². The van der Waals surface area contributed by atoms with Crippen LogP contribution >= 0.6 is 36.6 Å². The number of rotatable bonds is 5. The molecule has 1 fully saturated rings. The molecule has 1 aliphatic rings. The first-order valence-corrected chi connectivity index (χ1v) is 8.98. The van der Waals surface area contributed by atoms with Crippen molar-refractivity contribution in [2.24, 2.45) is 0 Å². The van der Waals surface area contributed by atoms with Crippen molar-refractivity contribution in [3.63, 3.8) is 0 Å². The van der Waals surface area contributed by atoms with Crippen molar-refractivity contribution < 1.29 is 9.53 Å². The fraction of sp³-hybridized carbons (Fsp3) is 0.333. The van der Waals surface area contributed by atoms with Crippen LogP contribution in [0.15, 0.2) is 53.7 Å². The van der Waals surface area contributed by atoms with E-state index in [2.05, 4.69) is 21.7 Å². The molecule has 142 valence electrons. The molecule has 1 amide bonds. The molecule has 0 saturated carbocycles. The summed E-state index contributed by atoms with van der Waals surface area (Å²) in [6.07, 6.45) is 3.54. The Morgan fingerprint density at radius 3 is 2.73 bits per heavy atom. The number of carbonyl (C=O) groups excluding carboxylic acids is 1. The molecule has 1 aromatic carbocycles. The normalized spacial score (nSPS) is 19.0. The predicted octanol–water partition coefficient (Wildman–Crippen LogP) is 3.53. The highest BCUT2D eigenvalue weighted by Crippen LogP contribution is 2.24. The second-order valence-electron chi connectivity index (χ2n) is 5.67. The Labute approximate surface area is 170 Å². The first kappa shape index (κ1) is 22.7. The number of morpholine rings is 1. The van der Waals surface area contributed by atoms with E-state index in [1.54, 1.807) is 18.0 Å². The number of hydrogen-bond acceptors (Lipinski definition) is 5. The number of pyridine rings is 1. The number of halogens is 2. The van der Waals surface area contributed by atoms with Gasteiger partial charge in [-0.2, -0.15) is 0 Å². The van der Waals surface area contributed by atoms with Crippen LogP contribution in [-0.2, 0) is 15.3 Å².